The Bertz CT molecular complexity index is 120. The summed E-state index contributed by atoms with van der Waals surface area (Å²) in [6, 6.07) is 0. The summed E-state index contributed by atoms with van der Waals surface area (Å²) in [5, 5.41) is 0. The summed E-state index contributed by atoms with van der Waals surface area (Å²) >= 11 is -1.42. The quantitative estimate of drug-likeness (QED) is 0.408. The van der Waals surface area contributed by atoms with Gasteiger partial charge in [-0.1, -0.05) is 0 Å². The summed E-state index contributed by atoms with van der Waals surface area (Å²) in [6.45, 7) is 0. The number of hydrogen-bond donors (Lipinski definition) is 0. The Morgan fingerprint density at radius 3 is 2.33 bits per heavy atom. The van der Waals surface area contributed by atoms with Crippen molar-refractivity contribution in [2.45, 2.75) is 0 Å². The molecule has 0 unspecified atom stereocenters. The van der Waals surface area contributed by atoms with Crippen LogP contribution >= 0.6 is 0 Å². The van der Waals surface area contributed by atoms with Gasteiger partial charge in [0, 0.05) is 0 Å². The standard InChI is InChI=1S/C3H3.CHO.Sn/c1-3-2;1-2;/h1-3H;1H;. The van der Waals surface area contributed by atoms with E-state index in [-0.39, 0.29) is 0 Å². The van der Waals surface area contributed by atoms with E-state index in [1.807, 2.05) is 6.08 Å². The molecular weight excluding hydrogens is 183 g/mol. The molecular formula is C4H4OSn. The van der Waals surface area contributed by atoms with Crippen molar-refractivity contribution in [1.82, 2.24) is 0 Å². The van der Waals surface area contributed by atoms with E-state index in [0.717, 1.165) is 4.30 Å². The predicted octanol–water partition coefficient (Wildman–Crippen LogP) is -0.254. The fourth-order valence-electron chi connectivity index (χ4n) is 0.286. The minimum absolute atomic E-state index is 1.11. The van der Waals surface area contributed by atoms with E-state index >= 15 is 0 Å². The average molecular weight is 187 g/mol. The molecule has 0 amide bonds. The minimum atomic E-state index is -1.42. The predicted molar refractivity (Wildman–Crippen MR) is 27.7 cm³/mol. The molecule has 0 saturated carbocycles. The van der Waals surface area contributed by atoms with Crippen LogP contribution in [0.25, 0.3) is 0 Å². The first-order valence-electron chi connectivity index (χ1n) is 1.77. The molecule has 0 aliphatic carbocycles. The van der Waals surface area contributed by atoms with Gasteiger partial charge in [-0.2, -0.15) is 0 Å². The fraction of sp³-hybridized carbons (Fsp3) is 0. The van der Waals surface area contributed by atoms with Crippen LogP contribution in [0, 0.1) is 0 Å². The summed E-state index contributed by atoms with van der Waals surface area (Å²) < 4.78 is 5.22. The van der Waals surface area contributed by atoms with E-state index in [0.29, 0.717) is 0 Å². The van der Waals surface area contributed by atoms with Crippen LogP contribution in [0.5, 0.6) is 0 Å². The van der Waals surface area contributed by atoms with E-state index < -0.39 is 19.3 Å². The molecule has 0 aromatic rings. The molecule has 0 aromatic carbocycles. The van der Waals surface area contributed by atoms with Gasteiger partial charge in [0.2, 0.25) is 0 Å². The van der Waals surface area contributed by atoms with Crippen molar-refractivity contribution in [2.75, 3.05) is 0 Å². The first-order chi connectivity index (χ1) is 2.93. The van der Waals surface area contributed by atoms with Gasteiger partial charge in [0.15, 0.2) is 0 Å². The molecule has 1 heterocycles. The van der Waals surface area contributed by atoms with Crippen LogP contribution in [0.4, 0.5) is 0 Å². The number of rotatable bonds is 1. The monoisotopic (exact) mass is 188 g/mol. The van der Waals surface area contributed by atoms with E-state index in [2.05, 4.69) is 8.11 Å². The molecule has 0 N–H and O–H groups in total. The van der Waals surface area contributed by atoms with E-state index in [9.17, 15) is 4.79 Å². The van der Waals surface area contributed by atoms with Crippen molar-refractivity contribution in [3.8, 4) is 0 Å². The summed E-state index contributed by atoms with van der Waals surface area (Å²) in [5.41, 5.74) is 0. The normalized spacial score (nSPS) is 15.7. The Hall–Kier alpha value is 0.0787. The van der Waals surface area contributed by atoms with Gasteiger partial charge in [0.1, 0.15) is 0 Å². The summed E-state index contributed by atoms with van der Waals surface area (Å²) in [6.07, 6.45) is 1.96. The average Bonchev–Trinajstić information content (AvgIpc) is 1.31. The van der Waals surface area contributed by atoms with Crippen molar-refractivity contribution in [3.05, 3.63) is 10.2 Å². The molecule has 0 bridgehead atoms. The third-order valence-electron chi connectivity index (χ3n) is 0.713. The van der Waals surface area contributed by atoms with Crippen LogP contribution in [-0.2, 0) is 4.79 Å². The van der Waals surface area contributed by atoms with Gasteiger partial charge in [0.05, 0.1) is 0 Å². The van der Waals surface area contributed by atoms with Gasteiger partial charge in [-0.05, 0) is 0 Å². The van der Waals surface area contributed by atoms with Gasteiger partial charge >= 0.3 is 42.6 Å². The zero-order valence-corrected chi connectivity index (χ0v) is 6.07. The second-order valence-electron chi connectivity index (χ2n) is 1.14. The van der Waals surface area contributed by atoms with E-state index in [1.54, 1.807) is 0 Å². The van der Waals surface area contributed by atoms with Crippen LogP contribution in [0.2, 0.25) is 0 Å². The van der Waals surface area contributed by atoms with Gasteiger partial charge in [0.25, 0.3) is 0 Å². The molecule has 0 aromatic heterocycles. The van der Waals surface area contributed by atoms with Crippen molar-refractivity contribution in [3.63, 3.8) is 0 Å². The first-order valence-corrected chi connectivity index (χ1v) is 6.71. The topological polar surface area (TPSA) is 17.1 Å². The zero-order valence-electron chi connectivity index (χ0n) is 3.22. The number of hydrogen-bond acceptors (Lipinski definition) is 1. The fourth-order valence-corrected chi connectivity index (χ4v) is 1.92. The van der Waals surface area contributed by atoms with Gasteiger partial charge in [-0.15, -0.1) is 0 Å². The molecule has 0 spiro atoms. The third kappa shape index (κ3) is 0.592. The Labute approximate surface area is 42.9 Å². The summed E-state index contributed by atoms with van der Waals surface area (Å²) in [4.78, 5) is 9.79. The van der Waals surface area contributed by atoms with Crippen LogP contribution in [-0.4, -0.2) is 27.6 Å². The van der Waals surface area contributed by atoms with Crippen molar-refractivity contribution < 1.29 is 4.79 Å². The molecule has 1 aliphatic heterocycles. The first kappa shape index (κ1) is 4.24. The van der Waals surface area contributed by atoms with Crippen LogP contribution in [0.3, 0.4) is 0 Å². The maximum absolute atomic E-state index is 9.79. The Morgan fingerprint density at radius 1 is 1.67 bits per heavy atom. The number of carbonyl (C=O) groups is 1. The van der Waals surface area contributed by atoms with Gasteiger partial charge < -0.3 is 0 Å². The number of carbonyl (C=O) groups excluding carboxylic acids is 1. The molecule has 2 heteroatoms. The maximum atomic E-state index is 9.79. The zero-order chi connectivity index (χ0) is 4.41. The van der Waals surface area contributed by atoms with Crippen LogP contribution in [0.15, 0.2) is 10.2 Å². The van der Waals surface area contributed by atoms with E-state index in [4.69, 9.17) is 0 Å². The Morgan fingerprint density at radius 2 is 2.33 bits per heavy atom. The molecule has 1 rings (SSSR count). The molecule has 0 fully saturated rings. The van der Waals surface area contributed by atoms with Gasteiger partial charge in [-0.3, -0.25) is 0 Å². The van der Waals surface area contributed by atoms with Crippen molar-refractivity contribution in [2.24, 2.45) is 0 Å². The molecule has 0 saturated heterocycles. The SMILES string of the molecule is O=[CH][Sn]1=[CH]C=[CH]1. The van der Waals surface area contributed by atoms with Gasteiger partial charge in [-0.25, -0.2) is 0 Å². The Balaban J connectivity index is 2.57. The third-order valence-corrected chi connectivity index (χ3v) is 4.79. The van der Waals surface area contributed by atoms with E-state index in [1.165, 1.54) is 0 Å². The Kier molecular flexibility index (Phi) is 1.19. The molecule has 0 radical (unpaired) electrons. The molecule has 1 aliphatic rings. The molecule has 1 nitrogen and oxygen atoms in total. The van der Waals surface area contributed by atoms with Crippen molar-refractivity contribution >= 4 is 27.6 Å². The summed E-state index contributed by atoms with van der Waals surface area (Å²) in [7, 11) is 0. The van der Waals surface area contributed by atoms with Crippen LogP contribution < -0.4 is 0 Å². The second kappa shape index (κ2) is 1.69. The second-order valence-corrected chi connectivity index (χ2v) is 6.57. The molecule has 30 valence electrons. The molecule has 0 atom stereocenters. The summed E-state index contributed by atoms with van der Waals surface area (Å²) in [5.74, 6) is 0. The number of allylic oxidation sites excluding steroid dienone is 1. The molecule has 6 heavy (non-hydrogen) atoms. The van der Waals surface area contributed by atoms with Crippen molar-refractivity contribution in [1.29, 1.82) is 0 Å². The van der Waals surface area contributed by atoms with Crippen LogP contribution in [0.1, 0.15) is 0 Å².